The van der Waals surface area contributed by atoms with Crippen LogP contribution in [0.15, 0.2) is 35.3 Å². The highest BCUT2D eigenvalue weighted by Gasteiger charge is 2.18. The predicted octanol–water partition coefficient (Wildman–Crippen LogP) is 1.83. The van der Waals surface area contributed by atoms with Crippen LogP contribution in [0.25, 0.3) is 0 Å². The largest absolute Gasteiger partial charge is 0.357 e. The van der Waals surface area contributed by atoms with E-state index in [0.717, 1.165) is 31.5 Å². The Hall–Kier alpha value is -1.84. The topological polar surface area (TPSA) is 77.0 Å². The first-order chi connectivity index (χ1) is 13.1. The Bertz CT molecular complexity index is 633. The van der Waals surface area contributed by atoms with Crippen molar-refractivity contribution in [2.24, 2.45) is 4.99 Å². The fraction of sp³-hybridized carbons (Fsp3) is 0.550. The highest BCUT2D eigenvalue weighted by atomic mass is 127. The molecule has 28 heavy (non-hydrogen) atoms. The molecule has 2 N–H and O–H groups in total. The molecular weight excluding hydrogens is 469 g/mol. The predicted molar refractivity (Wildman–Crippen MR) is 123 cm³/mol. The molecule has 0 bridgehead atoms. The van der Waals surface area contributed by atoms with Crippen molar-refractivity contribution in [2.75, 3.05) is 39.3 Å². The molecule has 7 nitrogen and oxygen atoms in total. The van der Waals surface area contributed by atoms with Gasteiger partial charge in [-0.1, -0.05) is 30.3 Å². The van der Waals surface area contributed by atoms with Crippen LogP contribution in [0.5, 0.6) is 0 Å². The van der Waals surface area contributed by atoms with Crippen molar-refractivity contribution >= 4 is 41.8 Å². The van der Waals surface area contributed by atoms with Crippen LogP contribution in [0.4, 0.5) is 0 Å². The second kappa shape index (κ2) is 13.4. The SMILES string of the molecule is CCNC(=NCC(=O)N(CC)Cc1ccccc1)NCC(=O)N1CCCC1.I. The van der Waals surface area contributed by atoms with Gasteiger partial charge >= 0.3 is 0 Å². The maximum absolute atomic E-state index is 12.5. The van der Waals surface area contributed by atoms with Gasteiger partial charge in [0.25, 0.3) is 0 Å². The number of likely N-dealkylation sites (tertiary alicyclic amines) is 1. The number of rotatable bonds is 8. The van der Waals surface area contributed by atoms with Gasteiger partial charge in [0.15, 0.2) is 5.96 Å². The summed E-state index contributed by atoms with van der Waals surface area (Å²) in [6, 6.07) is 9.92. The molecule has 0 atom stereocenters. The number of nitrogens with zero attached hydrogens (tertiary/aromatic N) is 3. The maximum atomic E-state index is 12.5. The van der Waals surface area contributed by atoms with Gasteiger partial charge in [-0.2, -0.15) is 0 Å². The molecule has 1 aliphatic heterocycles. The summed E-state index contributed by atoms with van der Waals surface area (Å²) in [4.78, 5) is 32.7. The van der Waals surface area contributed by atoms with E-state index in [1.54, 1.807) is 4.90 Å². The lowest BCUT2D eigenvalue weighted by Gasteiger charge is -2.21. The summed E-state index contributed by atoms with van der Waals surface area (Å²) >= 11 is 0. The third kappa shape index (κ3) is 8.04. The second-order valence-corrected chi connectivity index (χ2v) is 6.53. The molecule has 0 spiro atoms. The quantitative estimate of drug-likeness (QED) is 0.324. The van der Waals surface area contributed by atoms with Crippen molar-refractivity contribution in [3.05, 3.63) is 35.9 Å². The average molecular weight is 501 g/mol. The molecule has 0 saturated carbocycles. The third-order valence-corrected chi connectivity index (χ3v) is 4.53. The van der Waals surface area contributed by atoms with E-state index in [-0.39, 0.29) is 48.9 Å². The zero-order chi connectivity index (χ0) is 19.5. The minimum Gasteiger partial charge on any atom is -0.357 e. The molecule has 1 saturated heterocycles. The van der Waals surface area contributed by atoms with Crippen molar-refractivity contribution in [2.45, 2.75) is 33.2 Å². The Labute approximate surface area is 185 Å². The third-order valence-electron chi connectivity index (χ3n) is 4.53. The van der Waals surface area contributed by atoms with Crippen molar-refractivity contribution in [3.63, 3.8) is 0 Å². The number of benzene rings is 1. The van der Waals surface area contributed by atoms with Gasteiger partial charge in [-0.05, 0) is 32.3 Å². The van der Waals surface area contributed by atoms with E-state index in [1.807, 2.05) is 49.1 Å². The van der Waals surface area contributed by atoms with Crippen molar-refractivity contribution in [3.8, 4) is 0 Å². The summed E-state index contributed by atoms with van der Waals surface area (Å²) in [5.41, 5.74) is 1.10. The van der Waals surface area contributed by atoms with Gasteiger partial charge in [0.1, 0.15) is 6.54 Å². The molecule has 1 aromatic carbocycles. The van der Waals surface area contributed by atoms with E-state index in [0.29, 0.717) is 25.6 Å². The number of amides is 2. The van der Waals surface area contributed by atoms with Crippen LogP contribution < -0.4 is 10.6 Å². The fourth-order valence-corrected chi connectivity index (χ4v) is 3.01. The monoisotopic (exact) mass is 501 g/mol. The minimum absolute atomic E-state index is 0. The van der Waals surface area contributed by atoms with Gasteiger partial charge in [-0.25, -0.2) is 4.99 Å². The summed E-state index contributed by atoms with van der Waals surface area (Å²) in [5.74, 6) is 0.530. The van der Waals surface area contributed by atoms with Crippen molar-refractivity contribution in [1.29, 1.82) is 0 Å². The van der Waals surface area contributed by atoms with Gasteiger partial charge in [-0.15, -0.1) is 24.0 Å². The lowest BCUT2D eigenvalue weighted by Crippen LogP contribution is -2.44. The number of aliphatic imine (C=N–C) groups is 1. The number of likely N-dealkylation sites (N-methyl/N-ethyl adjacent to an activating group) is 1. The van der Waals surface area contributed by atoms with Crippen LogP contribution in [0.3, 0.4) is 0 Å². The molecule has 156 valence electrons. The number of halogens is 1. The second-order valence-electron chi connectivity index (χ2n) is 6.53. The summed E-state index contributed by atoms with van der Waals surface area (Å²) in [6.45, 7) is 7.69. The molecule has 0 aromatic heterocycles. The first kappa shape index (κ1) is 24.2. The lowest BCUT2D eigenvalue weighted by atomic mass is 10.2. The van der Waals surface area contributed by atoms with E-state index in [4.69, 9.17) is 0 Å². The van der Waals surface area contributed by atoms with Gasteiger partial charge in [0.05, 0.1) is 6.54 Å². The molecule has 0 radical (unpaired) electrons. The van der Waals surface area contributed by atoms with Gasteiger partial charge in [0.2, 0.25) is 11.8 Å². The first-order valence-electron chi connectivity index (χ1n) is 9.75. The first-order valence-corrected chi connectivity index (χ1v) is 9.75. The molecule has 2 amide bonds. The highest BCUT2D eigenvalue weighted by molar-refractivity contribution is 14.0. The molecule has 1 fully saturated rings. The van der Waals surface area contributed by atoms with Crippen LogP contribution in [0, 0.1) is 0 Å². The number of carbonyl (C=O) groups is 2. The maximum Gasteiger partial charge on any atom is 0.244 e. The van der Waals surface area contributed by atoms with Gasteiger partial charge in [0, 0.05) is 32.7 Å². The number of guanidine groups is 1. The molecule has 0 unspecified atom stereocenters. The van der Waals surface area contributed by atoms with Crippen LogP contribution in [-0.4, -0.2) is 66.8 Å². The smallest absolute Gasteiger partial charge is 0.244 e. The van der Waals surface area contributed by atoms with Crippen LogP contribution in [0.1, 0.15) is 32.3 Å². The Morgan fingerprint density at radius 2 is 1.79 bits per heavy atom. The summed E-state index contributed by atoms with van der Waals surface area (Å²) in [7, 11) is 0. The van der Waals surface area contributed by atoms with Gasteiger partial charge in [-0.3, -0.25) is 9.59 Å². The molecular formula is C20H32IN5O2. The zero-order valence-electron chi connectivity index (χ0n) is 16.8. The molecule has 1 heterocycles. The number of carbonyl (C=O) groups excluding carboxylic acids is 2. The standard InChI is InChI=1S/C20H31N5O2.HI/c1-3-21-20(23-15-19(27)25-12-8-9-13-25)22-14-18(26)24(4-2)16-17-10-6-5-7-11-17;/h5-7,10-11H,3-4,8-9,12-16H2,1-2H3,(H2,21,22,23);1H. The van der Waals surface area contributed by atoms with Crippen LogP contribution in [-0.2, 0) is 16.1 Å². The number of hydrogen-bond donors (Lipinski definition) is 2. The van der Waals surface area contributed by atoms with Crippen LogP contribution >= 0.6 is 24.0 Å². The van der Waals surface area contributed by atoms with E-state index in [2.05, 4.69) is 15.6 Å². The normalized spacial score (nSPS) is 13.6. The zero-order valence-corrected chi connectivity index (χ0v) is 19.1. The summed E-state index contributed by atoms with van der Waals surface area (Å²) in [6.07, 6.45) is 2.14. The van der Waals surface area contributed by atoms with E-state index in [1.165, 1.54) is 0 Å². The Morgan fingerprint density at radius 3 is 2.39 bits per heavy atom. The Morgan fingerprint density at radius 1 is 1.11 bits per heavy atom. The molecule has 0 aliphatic carbocycles. The molecule has 2 rings (SSSR count). The van der Waals surface area contributed by atoms with Crippen molar-refractivity contribution < 1.29 is 9.59 Å². The fourth-order valence-electron chi connectivity index (χ4n) is 3.01. The molecule has 1 aliphatic rings. The lowest BCUT2D eigenvalue weighted by molar-refractivity contribution is -0.130. The average Bonchev–Trinajstić information content (AvgIpc) is 3.23. The minimum atomic E-state index is -0.0376. The summed E-state index contributed by atoms with van der Waals surface area (Å²) < 4.78 is 0. The molecule has 8 heteroatoms. The van der Waals surface area contributed by atoms with Gasteiger partial charge < -0.3 is 20.4 Å². The van der Waals surface area contributed by atoms with E-state index < -0.39 is 0 Å². The number of nitrogens with one attached hydrogen (secondary N) is 2. The van der Waals surface area contributed by atoms with E-state index in [9.17, 15) is 9.59 Å². The Kier molecular flexibility index (Phi) is 11.5. The van der Waals surface area contributed by atoms with Crippen LogP contribution in [0.2, 0.25) is 0 Å². The molecule has 1 aromatic rings. The highest BCUT2D eigenvalue weighted by Crippen LogP contribution is 2.07. The summed E-state index contributed by atoms with van der Waals surface area (Å²) in [5, 5.41) is 6.12. The Balaban J connectivity index is 0.00000392. The van der Waals surface area contributed by atoms with E-state index >= 15 is 0 Å². The number of hydrogen-bond acceptors (Lipinski definition) is 3. The van der Waals surface area contributed by atoms with Crippen molar-refractivity contribution in [1.82, 2.24) is 20.4 Å².